The second kappa shape index (κ2) is 8.99. The summed E-state index contributed by atoms with van der Waals surface area (Å²) >= 11 is 1.21. The highest BCUT2D eigenvalue weighted by Crippen LogP contribution is 2.41. The second-order valence-electron chi connectivity index (χ2n) is 7.38. The lowest BCUT2D eigenvalue weighted by Crippen LogP contribution is -2.29. The predicted octanol–water partition coefficient (Wildman–Crippen LogP) is 5.03. The smallest absolute Gasteiger partial charge is 0.269 e. The number of nitrogens with zero attached hydrogens (tertiary/aromatic N) is 5. The van der Waals surface area contributed by atoms with Crippen LogP contribution in [0.25, 0.3) is 11.4 Å². The number of thioether (sulfide) groups is 1. The van der Waals surface area contributed by atoms with Crippen LogP contribution in [0.15, 0.2) is 58.7 Å². The highest BCUT2D eigenvalue weighted by atomic mass is 32.2. The molecule has 10 heteroatoms. The van der Waals surface area contributed by atoms with Gasteiger partial charge in [0.25, 0.3) is 5.69 Å². The molecule has 0 atom stereocenters. The molecular formula is C23H21N5O4S. The fourth-order valence-corrected chi connectivity index (χ4v) is 4.39. The molecule has 9 nitrogen and oxygen atoms in total. The van der Waals surface area contributed by atoms with E-state index in [0.29, 0.717) is 27.3 Å². The molecule has 0 unspecified atom stereocenters. The van der Waals surface area contributed by atoms with Crippen molar-refractivity contribution in [3.05, 3.63) is 69.8 Å². The number of aryl methyl sites for hydroxylation is 1. The maximum atomic E-state index is 13.0. The van der Waals surface area contributed by atoms with Gasteiger partial charge in [-0.05, 0) is 30.8 Å². The van der Waals surface area contributed by atoms with Gasteiger partial charge in [-0.3, -0.25) is 24.3 Å². The Hall–Kier alpha value is -3.79. The number of imidazole rings is 1. The molecule has 0 radical (unpaired) electrons. The third kappa shape index (κ3) is 4.17. The number of aromatic nitrogens is 2. The van der Waals surface area contributed by atoms with E-state index < -0.39 is 4.92 Å². The number of hydrogen-bond donors (Lipinski definition) is 0. The van der Waals surface area contributed by atoms with E-state index in [1.54, 1.807) is 26.0 Å². The number of anilines is 1. The summed E-state index contributed by atoms with van der Waals surface area (Å²) in [6, 6.07) is 13.6. The topological polar surface area (TPSA) is 111 Å². The Morgan fingerprint density at radius 3 is 2.15 bits per heavy atom. The van der Waals surface area contributed by atoms with Gasteiger partial charge in [0, 0.05) is 36.1 Å². The van der Waals surface area contributed by atoms with E-state index in [4.69, 9.17) is 0 Å². The minimum Gasteiger partial charge on any atom is -0.274 e. The molecule has 0 saturated heterocycles. The molecule has 1 aliphatic rings. The van der Waals surface area contributed by atoms with Gasteiger partial charge in [-0.2, -0.15) is 10.1 Å². The molecule has 1 amide bonds. The summed E-state index contributed by atoms with van der Waals surface area (Å²) in [6.45, 7) is 5.46. The molecule has 0 saturated carbocycles. The van der Waals surface area contributed by atoms with Crippen LogP contribution in [-0.4, -0.2) is 31.3 Å². The summed E-state index contributed by atoms with van der Waals surface area (Å²) in [4.78, 5) is 41.0. The van der Waals surface area contributed by atoms with Gasteiger partial charge in [0.05, 0.1) is 4.92 Å². The zero-order valence-corrected chi connectivity index (χ0v) is 19.1. The van der Waals surface area contributed by atoms with Gasteiger partial charge >= 0.3 is 0 Å². The van der Waals surface area contributed by atoms with E-state index in [-0.39, 0.29) is 30.3 Å². The number of carbonyl (C=O) groups excluding carboxylic acids is 2. The first kappa shape index (κ1) is 22.4. The summed E-state index contributed by atoms with van der Waals surface area (Å²) in [6.07, 6.45) is 0.434. The lowest BCUT2D eigenvalue weighted by atomic mass is 10.1. The van der Waals surface area contributed by atoms with Crippen LogP contribution in [0, 0.1) is 17.0 Å². The number of benzene rings is 2. The lowest BCUT2D eigenvalue weighted by Gasteiger charge is -2.22. The number of rotatable bonds is 5. The highest BCUT2D eigenvalue weighted by molar-refractivity contribution is 8.14. The molecule has 2 aromatic carbocycles. The third-order valence-electron chi connectivity index (χ3n) is 5.13. The van der Waals surface area contributed by atoms with Gasteiger partial charge in [-0.15, -0.1) is 0 Å². The monoisotopic (exact) mass is 463 g/mol. The van der Waals surface area contributed by atoms with Gasteiger partial charge in [0.2, 0.25) is 11.8 Å². The molecule has 0 bridgehead atoms. The summed E-state index contributed by atoms with van der Waals surface area (Å²) in [7, 11) is 0. The fourth-order valence-electron chi connectivity index (χ4n) is 3.33. The Bertz CT molecular complexity index is 1280. The number of nitro benzene ring substituents is 1. The van der Waals surface area contributed by atoms with Crippen molar-refractivity contribution in [3.63, 3.8) is 0 Å². The van der Waals surface area contributed by atoms with Crippen LogP contribution in [0.5, 0.6) is 0 Å². The van der Waals surface area contributed by atoms with Crippen molar-refractivity contribution >= 4 is 40.1 Å². The average Bonchev–Trinajstić information content (AvgIpc) is 3.22. The molecule has 1 aliphatic heterocycles. The van der Waals surface area contributed by atoms with E-state index in [2.05, 4.69) is 10.1 Å². The number of hydrazone groups is 1. The van der Waals surface area contributed by atoms with Gasteiger partial charge in [0.1, 0.15) is 15.9 Å². The lowest BCUT2D eigenvalue weighted by molar-refractivity contribution is -0.384. The van der Waals surface area contributed by atoms with E-state index in [0.717, 1.165) is 11.1 Å². The standard InChI is InChI=1S/C23H21N5O4S/c1-4-18(29)26-20(15-8-6-14(3)7-9-15)24-21-23(26)33-22(25-27(21)19(30)5-2)16-10-12-17(13-11-16)28(31)32/h6-13H,4-5H2,1-3H3. The van der Waals surface area contributed by atoms with Crippen LogP contribution >= 0.6 is 11.8 Å². The van der Waals surface area contributed by atoms with Crippen molar-refractivity contribution < 1.29 is 14.5 Å². The molecule has 0 aliphatic carbocycles. The minimum atomic E-state index is -0.479. The largest absolute Gasteiger partial charge is 0.274 e. The molecule has 0 N–H and O–H groups in total. The van der Waals surface area contributed by atoms with Crippen LogP contribution in [-0.2, 0) is 4.79 Å². The molecule has 0 spiro atoms. The van der Waals surface area contributed by atoms with E-state index >= 15 is 0 Å². The molecular weight excluding hydrogens is 442 g/mol. The van der Waals surface area contributed by atoms with Gasteiger partial charge in [-0.25, -0.2) is 4.98 Å². The molecule has 2 heterocycles. The minimum absolute atomic E-state index is 0.0461. The summed E-state index contributed by atoms with van der Waals surface area (Å²) in [5.74, 6) is 0.295. The molecule has 33 heavy (non-hydrogen) atoms. The average molecular weight is 464 g/mol. The number of nitro groups is 1. The summed E-state index contributed by atoms with van der Waals surface area (Å²) < 4.78 is 1.53. The van der Waals surface area contributed by atoms with E-state index in [1.165, 1.54) is 33.5 Å². The van der Waals surface area contributed by atoms with Gasteiger partial charge < -0.3 is 0 Å². The fraction of sp³-hybridized carbons (Fsp3) is 0.217. The molecule has 0 fully saturated rings. The normalized spacial score (nSPS) is 12.8. The van der Waals surface area contributed by atoms with Crippen molar-refractivity contribution in [1.29, 1.82) is 0 Å². The number of fused-ring (bicyclic) bond motifs is 1. The van der Waals surface area contributed by atoms with Gasteiger partial charge in [-0.1, -0.05) is 43.7 Å². The Balaban J connectivity index is 1.88. The van der Waals surface area contributed by atoms with Crippen molar-refractivity contribution in [3.8, 4) is 11.4 Å². The Morgan fingerprint density at radius 1 is 0.970 bits per heavy atom. The first-order valence-corrected chi connectivity index (χ1v) is 11.2. The number of non-ortho nitro benzene ring substituents is 1. The number of carbonyl (C=O) groups is 2. The first-order valence-electron chi connectivity index (χ1n) is 10.4. The second-order valence-corrected chi connectivity index (χ2v) is 8.36. The molecule has 168 valence electrons. The first-order chi connectivity index (χ1) is 15.8. The number of hydrogen-bond acceptors (Lipinski definition) is 7. The number of amides is 1. The van der Waals surface area contributed by atoms with Crippen LogP contribution in [0.3, 0.4) is 0 Å². The highest BCUT2D eigenvalue weighted by Gasteiger charge is 2.33. The van der Waals surface area contributed by atoms with Crippen LogP contribution in [0.2, 0.25) is 0 Å². The van der Waals surface area contributed by atoms with Crippen molar-refractivity contribution in [2.24, 2.45) is 5.10 Å². The Morgan fingerprint density at radius 2 is 1.58 bits per heavy atom. The summed E-state index contributed by atoms with van der Waals surface area (Å²) in [5, 5.41) is 17.7. The van der Waals surface area contributed by atoms with E-state index in [1.807, 2.05) is 31.2 Å². The Kier molecular flexibility index (Phi) is 6.10. The molecule has 1 aromatic heterocycles. The zero-order valence-electron chi connectivity index (χ0n) is 18.3. The van der Waals surface area contributed by atoms with Crippen LogP contribution < -0.4 is 5.01 Å². The van der Waals surface area contributed by atoms with Crippen molar-refractivity contribution in [1.82, 2.24) is 9.55 Å². The van der Waals surface area contributed by atoms with Crippen molar-refractivity contribution in [2.75, 3.05) is 5.01 Å². The summed E-state index contributed by atoms with van der Waals surface area (Å²) in [5.41, 5.74) is 2.37. The zero-order chi connectivity index (χ0) is 23.7. The van der Waals surface area contributed by atoms with E-state index in [9.17, 15) is 19.7 Å². The third-order valence-corrected chi connectivity index (χ3v) is 6.20. The molecule has 4 rings (SSSR count). The van der Waals surface area contributed by atoms with Crippen molar-refractivity contribution in [2.45, 2.75) is 38.6 Å². The van der Waals surface area contributed by atoms with Gasteiger partial charge in [0.15, 0.2) is 5.82 Å². The maximum Gasteiger partial charge on any atom is 0.269 e. The SMILES string of the molecule is CCC(=O)N1N=C(c2ccc([N+](=O)[O-])cc2)Sc2c1nc(-c1ccc(C)cc1)n2C(=O)CC. The molecule has 3 aromatic rings. The predicted molar refractivity (Wildman–Crippen MR) is 127 cm³/mol. The van der Waals surface area contributed by atoms with Crippen LogP contribution in [0.1, 0.15) is 42.6 Å². The maximum absolute atomic E-state index is 13.0. The Labute approximate surface area is 194 Å². The van der Waals surface area contributed by atoms with Crippen LogP contribution in [0.4, 0.5) is 11.5 Å². The quantitative estimate of drug-likeness (QED) is 0.388.